The average Bonchev–Trinajstić information content (AvgIpc) is 3.30. The van der Waals surface area contributed by atoms with E-state index in [9.17, 15) is 4.79 Å². The topological polar surface area (TPSA) is 60.9 Å². The van der Waals surface area contributed by atoms with Crippen molar-refractivity contribution in [3.63, 3.8) is 0 Å². The number of thiophene rings is 2. The third kappa shape index (κ3) is 2.62. The monoisotopic (exact) mass is 361 g/mol. The lowest BCUT2D eigenvalue weighted by Gasteiger charge is -2.06. The van der Waals surface area contributed by atoms with Gasteiger partial charge in [-0.25, -0.2) is 4.98 Å². The third-order valence-electron chi connectivity index (χ3n) is 3.40. The Hall–Kier alpha value is -1.90. The molecule has 0 aliphatic rings. The van der Waals surface area contributed by atoms with Crippen molar-refractivity contribution in [3.8, 4) is 10.4 Å². The Balaban J connectivity index is 1.77. The molecule has 4 aromatic heterocycles. The summed E-state index contributed by atoms with van der Waals surface area (Å²) >= 11 is 4.62. The van der Waals surface area contributed by atoms with Crippen LogP contribution >= 0.6 is 34.4 Å². The molecule has 8 heteroatoms. The van der Waals surface area contributed by atoms with Crippen LogP contribution in [0.25, 0.3) is 20.7 Å². The van der Waals surface area contributed by atoms with E-state index in [1.807, 2.05) is 29.0 Å². The van der Waals surface area contributed by atoms with Crippen LogP contribution in [-0.4, -0.2) is 14.7 Å². The summed E-state index contributed by atoms with van der Waals surface area (Å²) in [6, 6.07) is 5.83. The zero-order valence-corrected chi connectivity index (χ0v) is 14.5. The fourth-order valence-corrected chi connectivity index (χ4v) is 4.91. The normalized spacial score (nSPS) is 11.3. The first-order chi connectivity index (χ1) is 11.2. The quantitative estimate of drug-likeness (QED) is 0.406. The molecular formula is C15H11N3O2S3. The number of fused-ring (bicyclic) bond motifs is 1. The van der Waals surface area contributed by atoms with Gasteiger partial charge in [0.05, 0.1) is 11.1 Å². The summed E-state index contributed by atoms with van der Waals surface area (Å²) in [6.07, 6.45) is 1.54. The van der Waals surface area contributed by atoms with Crippen molar-refractivity contribution >= 4 is 44.7 Å². The highest BCUT2D eigenvalue weighted by Crippen LogP contribution is 2.34. The summed E-state index contributed by atoms with van der Waals surface area (Å²) in [6.45, 7) is 0. The van der Waals surface area contributed by atoms with E-state index in [1.165, 1.54) is 29.4 Å². The van der Waals surface area contributed by atoms with E-state index in [0.29, 0.717) is 16.3 Å². The van der Waals surface area contributed by atoms with Crippen LogP contribution in [0.4, 0.5) is 0 Å². The molecule has 23 heavy (non-hydrogen) atoms. The molecule has 0 aliphatic carbocycles. The van der Waals surface area contributed by atoms with Gasteiger partial charge in [0.1, 0.15) is 11.1 Å². The van der Waals surface area contributed by atoms with E-state index < -0.39 is 0 Å². The summed E-state index contributed by atoms with van der Waals surface area (Å²) in [5.41, 5.74) is 1.79. The lowest BCUT2D eigenvalue weighted by molar-refractivity contribution is 0.414. The Morgan fingerprint density at radius 2 is 2.26 bits per heavy atom. The number of rotatable bonds is 4. The Labute approximate surface area is 143 Å². The van der Waals surface area contributed by atoms with Crippen molar-refractivity contribution in [2.45, 2.75) is 10.9 Å². The van der Waals surface area contributed by atoms with E-state index in [1.54, 1.807) is 23.0 Å². The van der Waals surface area contributed by atoms with E-state index in [4.69, 9.17) is 4.52 Å². The molecule has 0 saturated heterocycles. The van der Waals surface area contributed by atoms with E-state index >= 15 is 0 Å². The van der Waals surface area contributed by atoms with Crippen LogP contribution in [0.5, 0.6) is 0 Å². The molecule has 0 bridgehead atoms. The van der Waals surface area contributed by atoms with Crippen molar-refractivity contribution in [1.82, 2.24) is 14.7 Å². The molecule has 0 amide bonds. The van der Waals surface area contributed by atoms with Crippen LogP contribution in [0.15, 0.2) is 49.7 Å². The summed E-state index contributed by atoms with van der Waals surface area (Å²) in [5, 5.41) is 9.29. The molecule has 4 heterocycles. The number of hydrogen-bond acceptors (Lipinski definition) is 7. The largest absolute Gasteiger partial charge is 0.364 e. The second-order valence-corrected chi connectivity index (χ2v) is 7.59. The molecular weight excluding hydrogens is 350 g/mol. The maximum atomic E-state index is 12.8. The van der Waals surface area contributed by atoms with Crippen LogP contribution in [0.3, 0.4) is 0 Å². The first kappa shape index (κ1) is 14.7. The summed E-state index contributed by atoms with van der Waals surface area (Å²) in [4.78, 5) is 19.3. The van der Waals surface area contributed by atoms with Crippen molar-refractivity contribution in [2.24, 2.45) is 7.05 Å². The maximum Gasteiger partial charge on any atom is 0.263 e. The average molecular weight is 361 g/mol. The predicted molar refractivity (Wildman–Crippen MR) is 94.2 cm³/mol. The van der Waals surface area contributed by atoms with Gasteiger partial charge in [-0.2, -0.15) is 0 Å². The molecule has 0 radical (unpaired) electrons. The fourth-order valence-electron chi connectivity index (χ4n) is 2.25. The van der Waals surface area contributed by atoms with Gasteiger partial charge < -0.3 is 4.52 Å². The Kier molecular flexibility index (Phi) is 3.80. The van der Waals surface area contributed by atoms with Crippen molar-refractivity contribution < 1.29 is 4.52 Å². The highest BCUT2D eigenvalue weighted by Gasteiger charge is 2.16. The SMILES string of the molecule is Cn1c(SCc2ccon2)nc2scc(-c3cccs3)c2c1=O. The zero-order chi connectivity index (χ0) is 15.8. The molecule has 0 spiro atoms. The van der Waals surface area contributed by atoms with Crippen molar-refractivity contribution in [1.29, 1.82) is 0 Å². The second kappa shape index (κ2) is 5.95. The summed E-state index contributed by atoms with van der Waals surface area (Å²) in [5.74, 6) is 0.617. The summed E-state index contributed by atoms with van der Waals surface area (Å²) < 4.78 is 6.43. The fraction of sp³-hybridized carbons (Fsp3) is 0.133. The predicted octanol–water partition coefficient (Wildman–Crippen LogP) is 4.00. The molecule has 0 aromatic carbocycles. The smallest absolute Gasteiger partial charge is 0.263 e. The van der Waals surface area contributed by atoms with Gasteiger partial charge in [-0.3, -0.25) is 9.36 Å². The minimum atomic E-state index is -0.0118. The molecule has 0 aliphatic heterocycles. The van der Waals surface area contributed by atoms with Crippen LogP contribution in [0.1, 0.15) is 5.69 Å². The highest BCUT2D eigenvalue weighted by atomic mass is 32.2. The van der Waals surface area contributed by atoms with E-state index in [2.05, 4.69) is 10.1 Å². The molecule has 0 fully saturated rings. The maximum absolute atomic E-state index is 12.8. The molecule has 5 nitrogen and oxygen atoms in total. The highest BCUT2D eigenvalue weighted by molar-refractivity contribution is 7.98. The lowest BCUT2D eigenvalue weighted by Crippen LogP contribution is -2.19. The van der Waals surface area contributed by atoms with Crippen LogP contribution in [-0.2, 0) is 12.8 Å². The third-order valence-corrected chi connectivity index (χ3v) is 6.24. The first-order valence-corrected chi connectivity index (χ1v) is 9.52. The number of hydrogen-bond donors (Lipinski definition) is 0. The standard InChI is InChI=1S/C15H11N3O2S3/c1-18-14(19)12-10(11-3-2-6-21-11)8-22-13(12)16-15(18)23-7-9-4-5-20-17-9/h2-6,8H,7H2,1H3. The Morgan fingerprint density at radius 1 is 1.35 bits per heavy atom. The van der Waals surface area contributed by atoms with Crippen molar-refractivity contribution in [3.05, 3.63) is 51.3 Å². The number of nitrogens with zero attached hydrogens (tertiary/aromatic N) is 3. The van der Waals surface area contributed by atoms with Gasteiger partial charge >= 0.3 is 0 Å². The van der Waals surface area contributed by atoms with Crippen LogP contribution in [0, 0.1) is 0 Å². The second-order valence-electron chi connectivity index (χ2n) is 4.84. The lowest BCUT2D eigenvalue weighted by atomic mass is 10.2. The van der Waals surface area contributed by atoms with Gasteiger partial charge in [-0.15, -0.1) is 22.7 Å². The Morgan fingerprint density at radius 3 is 3.00 bits per heavy atom. The van der Waals surface area contributed by atoms with Gasteiger partial charge in [0.15, 0.2) is 5.16 Å². The molecule has 4 rings (SSSR count). The van der Waals surface area contributed by atoms with Gasteiger partial charge in [-0.05, 0) is 11.4 Å². The van der Waals surface area contributed by atoms with Crippen LogP contribution in [0.2, 0.25) is 0 Å². The number of thioether (sulfide) groups is 1. The minimum Gasteiger partial charge on any atom is -0.364 e. The van der Waals surface area contributed by atoms with E-state index in [0.717, 1.165) is 21.0 Å². The molecule has 116 valence electrons. The first-order valence-electron chi connectivity index (χ1n) is 6.78. The molecule has 0 atom stereocenters. The minimum absolute atomic E-state index is 0.0118. The van der Waals surface area contributed by atoms with Crippen LogP contribution < -0.4 is 5.56 Å². The van der Waals surface area contributed by atoms with Gasteiger partial charge in [0.25, 0.3) is 5.56 Å². The molecule has 0 N–H and O–H groups in total. The molecule has 0 saturated carbocycles. The van der Waals surface area contributed by atoms with Gasteiger partial charge in [0.2, 0.25) is 0 Å². The summed E-state index contributed by atoms with van der Waals surface area (Å²) in [7, 11) is 1.76. The van der Waals surface area contributed by atoms with Gasteiger partial charge in [-0.1, -0.05) is 23.0 Å². The molecule has 4 aromatic rings. The zero-order valence-electron chi connectivity index (χ0n) is 12.1. The van der Waals surface area contributed by atoms with E-state index in [-0.39, 0.29) is 5.56 Å². The molecule has 0 unspecified atom stereocenters. The van der Waals surface area contributed by atoms with Gasteiger partial charge in [0, 0.05) is 34.7 Å². The number of aromatic nitrogens is 3. The van der Waals surface area contributed by atoms with Crippen molar-refractivity contribution in [2.75, 3.05) is 0 Å². The Bertz CT molecular complexity index is 1000.